The average molecular weight is 290 g/mol. The number of fused-ring (bicyclic) bond motifs is 1. The van der Waals surface area contributed by atoms with Crippen LogP contribution >= 0.6 is 0 Å². The first-order valence-corrected chi connectivity index (χ1v) is 6.95. The number of nitrogens with one attached hydrogen (secondary N) is 1. The van der Waals surface area contributed by atoms with Crippen LogP contribution < -0.4 is 5.32 Å². The summed E-state index contributed by atoms with van der Waals surface area (Å²) in [6.45, 7) is 5.78. The molecule has 1 amide bonds. The zero-order chi connectivity index (χ0) is 16.0. The first kappa shape index (κ1) is 16.9. The third-order valence-electron chi connectivity index (χ3n) is 2.61. The van der Waals surface area contributed by atoms with E-state index < -0.39 is 0 Å². The largest absolute Gasteiger partial charge is 0.453 e. The number of likely N-dealkylation sites (N-methyl/N-ethyl adjacent to an activating group) is 1. The molecule has 1 N–H and O–H groups in total. The minimum atomic E-state index is -0.116. The molecule has 0 aliphatic carbocycles. The Morgan fingerprint density at radius 1 is 1.19 bits per heavy atom. The number of benzene rings is 1. The third kappa shape index (κ3) is 4.72. The second-order valence-corrected chi connectivity index (χ2v) is 4.71. The van der Waals surface area contributed by atoms with Gasteiger partial charge in [-0.15, -0.1) is 0 Å². The molecule has 2 aromatic rings. The molecule has 5 heteroatoms. The molecule has 0 atom stereocenters. The van der Waals surface area contributed by atoms with E-state index >= 15 is 0 Å². The van der Waals surface area contributed by atoms with Gasteiger partial charge in [-0.25, -0.2) is 0 Å². The monoisotopic (exact) mass is 290 g/mol. The average Bonchev–Trinajstić information content (AvgIpc) is 2.83. The molecule has 114 valence electrons. The topological polar surface area (TPSA) is 62.6 Å². The van der Waals surface area contributed by atoms with Crippen molar-refractivity contribution in [3.05, 3.63) is 30.0 Å². The van der Waals surface area contributed by atoms with Gasteiger partial charge < -0.3 is 14.6 Å². The van der Waals surface area contributed by atoms with Crippen LogP contribution in [-0.4, -0.2) is 37.2 Å². The third-order valence-corrected chi connectivity index (χ3v) is 2.61. The number of nitrogens with zero attached hydrogens (tertiary/aromatic N) is 1. The predicted molar refractivity (Wildman–Crippen MR) is 84.8 cm³/mol. The fourth-order valence-corrected chi connectivity index (χ4v) is 1.78. The molecule has 0 bridgehead atoms. The molecule has 0 unspecified atom stereocenters. The Bertz CT molecular complexity index is 629. The van der Waals surface area contributed by atoms with E-state index in [-0.39, 0.29) is 11.7 Å². The van der Waals surface area contributed by atoms with E-state index in [1.165, 1.54) is 6.92 Å². The van der Waals surface area contributed by atoms with E-state index in [9.17, 15) is 9.59 Å². The van der Waals surface area contributed by atoms with Crippen LogP contribution in [0.3, 0.4) is 0 Å². The minimum absolute atomic E-state index is 0.0837. The Balaban J connectivity index is 0.00000106. The number of furan rings is 1. The lowest BCUT2D eigenvalue weighted by atomic mass is 10.2. The van der Waals surface area contributed by atoms with Gasteiger partial charge in [0, 0.05) is 18.0 Å². The van der Waals surface area contributed by atoms with Gasteiger partial charge in [-0.05, 0) is 38.4 Å². The lowest BCUT2D eigenvalue weighted by Gasteiger charge is -2.09. The van der Waals surface area contributed by atoms with E-state index in [1.807, 2.05) is 27.9 Å². The molecule has 0 spiro atoms. The Hall–Kier alpha value is -2.14. The lowest BCUT2D eigenvalue weighted by molar-refractivity contribution is -0.116. The highest BCUT2D eigenvalue weighted by atomic mass is 16.3. The number of Topliss-reactive ketones (excluding diaryl/α,β-unsaturated/α-hetero) is 1. The highest BCUT2D eigenvalue weighted by molar-refractivity contribution is 5.98. The maximum absolute atomic E-state index is 11.6. The first-order chi connectivity index (χ1) is 9.95. The summed E-state index contributed by atoms with van der Waals surface area (Å²) >= 11 is 0. The van der Waals surface area contributed by atoms with Crippen LogP contribution in [0.15, 0.2) is 28.7 Å². The van der Waals surface area contributed by atoms with Crippen LogP contribution in [0, 0.1) is 0 Å². The molecule has 1 aromatic carbocycles. The second-order valence-electron chi connectivity index (χ2n) is 4.71. The second kappa shape index (κ2) is 7.59. The van der Waals surface area contributed by atoms with Crippen molar-refractivity contribution in [2.45, 2.75) is 20.8 Å². The van der Waals surface area contributed by atoms with E-state index in [2.05, 4.69) is 5.32 Å². The smallest absolute Gasteiger partial charge is 0.238 e. The minimum Gasteiger partial charge on any atom is -0.453 e. The molecule has 0 aliphatic heterocycles. The molecular formula is C16H22N2O3. The number of rotatable bonds is 4. The van der Waals surface area contributed by atoms with Gasteiger partial charge in [0.2, 0.25) is 5.91 Å². The van der Waals surface area contributed by atoms with Gasteiger partial charge in [0.1, 0.15) is 5.58 Å². The van der Waals surface area contributed by atoms with Crippen LogP contribution in [0.1, 0.15) is 31.3 Å². The maximum atomic E-state index is 11.6. The van der Waals surface area contributed by atoms with Crippen molar-refractivity contribution in [3.8, 4) is 0 Å². The summed E-state index contributed by atoms with van der Waals surface area (Å²) in [6, 6.07) is 6.97. The summed E-state index contributed by atoms with van der Waals surface area (Å²) in [5, 5.41) is 3.60. The summed E-state index contributed by atoms with van der Waals surface area (Å²) in [5.41, 5.74) is 1.33. The summed E-state index contributed by atoms with van der Waals surface area (Å²) < 4.78 is 5.38. The molecule has 2 rings (SSSR count). The number of amides is 1. The Morgan fingerprint density at radius 3 is 2.43 bits per heavy atom. The van der Waals surface area contributed by atoms with Crippen molar-refractivity contribution < 1.29 is 14.0 Å². The SMILES string of the molecule is CC.CC(=O)c1cc2cc(NC(=O)CN(C)C)ccc2o1. The normalized spacial score (nSPS) is 10.2. The molecule has 0 saturated carbocycles. The quantitative estimate of drug-likeness (QED) is 0.879. The van der Waals surface area contributed by atoms with Gasteiger partial charge in [-0.2, -0.15) is 0 Å². The number of anilines is 1. The van der Waals surface area contributed by atoms with Gasteiger partial charge in [0.25, 0.3) is 0 Å². The van der Waals surface area contributed by atoms with Crippen molar-refractivity contribution >= 4 is 28.3 Å². The number of carbonyl (C=O) groups excluding carboxylic acids is 2. The molecule has 0 aliphatic rings. The summed E-state index contributed by atoms with van der Waals surface area (Å²) in [4.78, 5) is 24.7. The van der Waals surface area contributed by atoms with Crippen LogP contribution in [0.4, 0.5) is 5.69 Å². The van der Waals surface area contributed by atoms with Crippen LogP contribution in [0.2, 0.25) is 0 Å². The molecule has 1 heterocycles. The van der Waals surface area contributed by atoms with Gasteiger partial charge in [-0.1, -0.05) is 13.8 Å². The number of hydrogen-bond acceptors (Lipinski definition) is 4. The van der Waals surface area contributed by atoms with Crippen molar-refractivity contribution in [1.82, 2.24) is 4.90 Å². The van der Waals surface area contributed by atoms with Crippen molar-refractivity contribution in [3.63, 3.8) is 0 Å². The zero-order valence-electron chi connectivity index (χ0n) is 13.2. The molecule has 5 nitrogen and oxygen atoms in total. The fraction of sp³-hybridized carbons (Fsp3) is 0.375. The van der Waals surface area contributed by atoms with Gasteiger partial charge in [-0.3, -0.25) is 9.59 Å². The fourth-order valence-electron chi connectivity index (χ4n) is 1.78. The number of carbonyl (C=O) groups is 2. The van der Waals surface area contributed by atoms with Gasteiger partial charge in [0.05, 0.1) is 6.54 Å². The van der Waals surface area contributed by atoms with Crippen molar-refractivity contribution in [2.75, 3.05) is 26.0 Å². The van der Waals surface area contributed by atoms with Crippen LogP contribution in [0.25, 0.3) is 11.0 Å². The molecule has 0 saturated heterocycles. The van der Waals surface area contributed by atoms with Gasteiger partial charge in [0.15, 0.2) is 11.5 Å². The van der Waals surface area contributed by atoms with E-state index in [0.29, 0.717) is 23.6 Å². The lowest BCUT2D eigenvalue weighted by Crippen LogP contribution is -2.26. The van der Waals surface area contributed by atoms with Crippen molar-refractivity contribution in [1.29, 1.82) is 0 Å². The first-order valence-electron chi connectivity index (χ1n) is 6.95. The van der Waals surface area contributed by atoms with E-state index in [1.54, 1.807) is 29.2 Å². The van der Waals surface area contributed by atoms with Crippen molar-refractivity contribution in [2.24, 2.45) is 0 Å². The van der Waals surface area contributed by atoms with E-state index in [4.69, 9.17) is 4.42 Å². The molecular weight excluding hydrogens is 268 g/mol. The predicted octanol–water partition coefficient (Wildman–Crippen LogP) is 3.16. The van der Waals surface area contributed by atoms with Gasteiger partial charge >= 0.3 is 0 Å². The summed E-state index contributed by atoms with van der Waals surface area (Å²) in [7, 11) is 3.66. The Kier molecular flexibility index (Phi) is 6.11. The molecule has 21 heavy (non-hydrogen) atoms. The van der Waals surface area contributed by atoms with Crippen LogP contribution in [0.5, 0.6) is 0 Å². The molecule has 1 aromatic heterocycles. The maximum Gasteiger partial charge on any atom is 0.238 e. The van der Waals surface area contributed by atoms with Crippen LogP contribution in [-0.2, 0) is 4.79 Å². The molecule has 0 fully saturated rings. The Morgan fingerprint density at radius 2 is 1.86 bits per heavy atom. The summed E-state index contributed by atoms with van der Waals surface area (Å²) in [6.07, 6.45) is 0. The molecule has 0 radical (unpaired) electrons. The van der Waals surface area contributed by atoms with E-state index in [0.717, 1.165) is 5.39 Å². The number of ketones is 1. The summed E-state index contributed by atoms with van der Waals surface area (Å²) in [5.74, 6) is 0.126. The number of hydrogen-bond donors (Lipinski definition) is 1. The Labute approximate surface area is 124 Å². The standard InChI is InChI=1S/C14H16N2O3.C2H6/c1-9(17)13-7-10-6-11(4-5-12(10)19-13)15-14(18)8-16(2)3;1-2/h4-7H,8H2,1-3H3,(H,15,18);1-2H3. The highest BCUT2D eigenvalue weighted by Gasteiger charge is 2.09. The highest BCUT2D eigenvalue weighted by Crippen LogP contribution is 2.23. The zero-order valence-corrected chi connectivity index (χ0v) is 13.2.